The minimum absolute atomic E-state index is 0.00460. The molecule has 0 fully saturated rings. The second-order valence-electron chi connectivity index (χ2n) is 4.21. The van der Waals surface area contributed by atoms with Gasteiger partial charge in [-0.1, -0.05) is 23.5 Å². The topological polar surface area (TPSA) is 117 Å². The van der Waals surface area contributed by atoms with Crippen molar-refractivity contribution in [3.63, 3.8) is 0 Å². The number of phenolic OH excluding ortho intramolecular Hbond substituents is 1. The Morgan fingerprint density at radius 2 is 2.14 bits per heavy atom. The molecule has 8 nitrogen and oxygen atoms in total. The highest BCUT2D eigenvalue weighted by Crippen LogP contribution is 2.15. The first-order valence-corrected chi connectivity index (χ1v) is 7.06. The normalized spacial score (nSPS) is 10.6. The Kier molecular flexibility index (Phi) is 5.15. The zero-order valence-corrected chi connectivity index (χ0v) is 12.4. The Morgan fingerprint density at radius 1 is 1.36 bits per heavy atom. The quantitative estimate of drug-likeness (QED) is 0.559. The predicted molar refractivity (Wildman–Crippen MR) is 81.8 cm³/mol. The molecule has 0 bridgehead atoms. The summed E-state index contributed by atoms with van der Waals surface area (Å²) in [6.45, 7) is 1.36. The van der Waals surface area contributed by atoms with Gasteiger partial charge in [-0.25, -0.2) is 5.43 Å². The molecule has 3 N–H and O–H groups in total. The predicted octanol–water partition coefficient (Wildman–Crippen LogP) is 0.895. The van der Waals surface area contributed by atoms with Crippen molar-refractivity contribution in [2.75, 3.05) is 5.32 Å². The van der Waals surface area contributed by atoms with Crippen LogP contribution < -0.4 is 10.7 Å². The monoisotopic (exact) mass is 319 g/mol. The van der Waals surface area contributed by atoms with Gasteiger partial charge >= 0.3 is 0 Å². The molecular weight excluding hydrogens is 306 g/mol. The Labute approximate surface area is 129 Å². The van der Waals surface area contributed by atoms with E-state index in [2.05, 4.69) is 26.0 Å². The number of hydrazone groups is 1. The van der Waals surface area contributed by atoms with Crippen molar-refractivity contribution >= 4 is 34.5 Å². The fraction of sp³-hybridized carbons (Fsp3) is 0.154. The highest BCUT2D eigenvalue weighted by atomic mass is 32.1. The van der Waals surface area contributed by atoms with Gasteiger partial charge in [0.15, 0.2) is 0 Å². The number of hydrogen-bond acceptors (Lipinski definition) is 7. The number of hydrogen-bond donors (Lipinski definition) is 3. The van der Waals surface area contributed by atoms with E-state index in [0.29, 0.717) is 15.7 Å². The maximum absolute atomic E-state index is 11.7. The van der Waals surface area contributed by atoms with Gasteiger partial charge in [0.2, 0.25) is 16.9 Å². The average molecular weight is 319 g/mol. The number of nitrogens with one attached hydrogen (secondary N) is 2. The van der Waals surface area contributed by atoms with Gasteiger partial charge in [-0.15, -0.1) is 10.2 Å². The molecule has 0 aliphatic rings. The van der Waals surface area contributed by atoms with Gasteiger partial charge in [-0.05, 0) is 12.1 Å². The van der Waals surface area contributed by atoms with E-state index in [1.165, 1.54) is 19.2 Å². The first kappa shape index (κ1) is 15.6. The van der Waals surface area contributed by atoms with Crippen molar-refractivity contribution in [1.29, 1.82) is 0 Å². The van der Waals surface area contributed by atoms with Crippen molar-refractivity contribution in [3.05, 3.63) is 34.8 Å². The van der Waals surface area contributed by atoms with Crippen LogP contribution >= 0.6 is 11.3 Å². The molecule has 0 spiro atoms. The Hall–Kier alpha value is -2.81. The lowest BCUT2D eigenvalue weighted by molar-refractivity contribution is -0.120. The van der Waals surface area contributed by atoms with E-state index in [1.807, 2.05) is 0 Å². The van der Waals surface area contributed by atoms with Gasteiger partial charge in [0.25, 0.3) is 0 Å². The molecule has 0 aliphatic heterocycles. The van der Waals surface area contributed by atoms with E-state index in [-0.39, 0.29) is 24.0 Å². The van der Waals surface area contributed by atoms with E-state index in [0.717, 1.165) is 11.3 Å². The van der Waals surface area contributed by atoms with E-state index in [9.17, 15) is 14.7 Å². The molecule has 1 aromatic carbocycles. The molecule has 0 atom stereocenters. The number of nitrogens with zero attached hydrogens (tertiary/aromatic N) is 3. The lowest BCUT2D eigenvalue weighted by Crippen LogP contribution is -2.19. The molecule has 0 radical (unpaired) electrons. The van der Waals surface area contributed by atoms with Crippen molar-refractivity contribution < 1.29 is 14.7 Å². The van der Waals surface area contributed by atoms with Crippen LogP contribution in [-0.4, -0.2) is 33.3 Å². The van der Waals surface area contributed by atoms with Crippen LogP contribution in [0.2, 0.25) is 0 Å². The fourth-order valence-electron chi connectivity index (χ4n) is 1.47. The Bertz CT molecular complexity index is 713. The molecule has 2 rings (SSSR count). The standard InChI is InChI=1S/C13H13N5O3S/c1-8(19)15-13-18-17-12(22-13)6-11(21)16-14-7-9-4-2-3-5-10(9)20/h2-5,7,20H,6H2,1H3,(H,16,21)(H,15,18,19)/b14-7-. The fourth-order valence-corrected chi connectivity index (χ4v) is 2.26. The van der Waals surface area contributed by atoms with Crippen LogP contribution in [0.5, 0.6) is 5.75 Å². The Morgan fingerprint density at radius 3 is 2.86 bits per heavy atom. The summed E-state index contributed by atoms with van der Waals surface area (Å²) in [5, 5.41) is 24.1. The second kappa shape index (κ2) is 7.27. The number of anilines is 1. The lowest BCUT2D eigenvalue weighted by Gasteiger charge is -1.98. The molecule has 0 saturated heterocycles. The van der Waals surface area contributed by atoms with Crippen LogP contribution in [-0.2, 0) is 16.0 Å². The summed E-state index contributed by atoms with van der Waals surface area (Å²) in [4.78, 5) is 22.5. The van der Waals surface area contributed by atoms with Gasteiger partial charge in [0.1, 0.15) is 10.8 Å². The molecule has 22 heavy (non-hydrogen) atoms. The number of aromatic nitrogens is 2. The first-order valence-electron chi connectivity index (χ1n) is 6.24. The molecule has 0 saturated carbocycles. The lowest BCUT2D eigenvalue weighted by atomic mass is 10.2. The van der Waals surface area contributed by atoms with Crippen molar-refractivity contribution in [2.24, 2.45) is 5.10 Å². The van der Waals surface area contributed by atoms with E-state index < -0.39 is 0 Å². The maximum Gasteiger partial charge on any atom is 0.247 e. The van der Waals surface area contributed by atoms with E-state index in [4.69, 9.17) is 0 Å². The molecular formula is C13H13N5O3S. The molecule has 9 heteroatoms. The highest BCUT2D eigenvalue weighted by molar-refractivity contribution is 7.15. The number of carbonyl (C=O) groups excluding carboxylic acids is 2. The molecule has 0 unspecified atom stereocenters. The number of aromatic hydroxyl groups is 1. The highest BCUT2D eigenvalue weighted by Gasteiger charge is 2.09. The molecule has 114 valence electrons. The van der Waals surface area contributed by atoms with Crippen molar-refractivity contribution in [1.82, 2.24) is 15.6 Å². The third-order valence-electron chi connectivity index (χ3n) is 2.39. The van der Waals surface area contributed by atoms with Crippen LogP contribution in [0.25, 0.3) is 0 Å². The average Bonchev–Trinajstić information content (AvgIpc) is 2.87. The number of rotatable bonds is 5. The number of para-hydroxylation sites is 1. The third-order valence-corrected chi connectivity index (χ3v) is 3.23. The molecule has 1 heterocycles. The van der Waals surface area contributed by atoms with Gasteiger partial charge in [0, 0.05) is 12.5 Å². The smallest absolute Gasteiger partial charge is 0.247 e. The maximum atomic E-state index is 11.7. The van der Waals surface area contributed by atoms with Crippen LogP contribution in [0.15, 0.2) is 29.4 Å². The van der Waals surface area contributed by atoms with Gasteiger partial charge in [0.05, 0.1) is 12.6 Å². The van der Waals surface area contributed by atoms with Gasteiger partial charge < -0.3 is 10.4 Å². The van der Waals surface area contributed by atoms with Crippen LogP contribution in [0, 0.1) is 0 Å². The minimum Gasteiger partial charge on any atom is -0.507 e. The number of phenols is 1. The third kappa shape index (κ3) is 4.63. The van der Waals surface area contributed by atoms with Crippen molar-refractivity contribution in [2.45, 2.75) is 13.3 Å². The summed E-state index contributed by atoms with van der Waals surface area (Å²) in [6, 6.07) is 6.62. The molecule has 1 aromatic heterocycles. The second-order valence-corrected chi connectivity index (χ2v) is 5.27. The van der Waals surface area contributed by atoms with E-state index >= 15 is 0 Å². The van der Waals surface area contributed by atoms with Gasteiger partial charge in [-0.3, -0.25) is 9.59 Å². The van der Waals surface area contributed by atoms with Gasteiger partial charge in [-0.2, -0.15) is 5.10 Å². The Balaban J connectivity index is 1.87. The number of amides is 2. The summed E-state index contributed by atoms with van der Waals surface area (Å²) in [7, 11) is 0. The van der Waals surface area contributed by atoms with Crippen LogP contribution in [0.1, 0.15) is 17.5 Å². The molecule has 2 aromatic rings. The molecule has 2 amide bonds. The number of benzene rings is 1. The summed E-state index contributed by atoms with van der Waals surface area (Å²) >= 11 is 1.11. The van der Waals surface area contributed by atoms with Crippen molar-refractivity contribution in [3.8, 4) is 5.75 Å². The summed E-state index contributed by atoms with van der Waals surface area (Å²) in [6.07, 6.45) is 1.34. The molecule has 0 aliphatic carbocycles. The summed E-state index contributed by atoms with van der Waals surface area (Å²) in [5.41, 5.74) is 2.82. The zero-order valence-electron chi connectivity index (χ0n) is 11.6. The summed E-state index contributed by atoms with van der Waals surface area (Å²) < 4.78 is 0. The van der Waals surface area contributed by atoms with Crippen LogP contribution in [0.4, 0.5) is 5.13 Å². The zero-order chi connectivity index (χ0) is 15.9. The van der Waals surface area contributed by atoms with Crippen LogP contribution in [0.3, 0.4) is 0 Å². The summed E-state index contributed by atoms with van der Waals surface area (Å²) in [5.74, 6) is -0.554. The number of carbonyl (C=O) groups is 2. The minimum atomic E-state index is -0.378. The first-order chi connectivity index (χ1) is 10.5. The SMILES string of the molecule is CC(=O)Nc1nnc(CC(=O)N/N=C\c2ccccc2O)s1. The van der Waals surface area contributed by atoms with E-state index in [1.54, 1.807) is 18.2 Å². The largest absolute Gasteiger partial charge is 0.507 e.